The van der Waals surface area contributed by atoms with Crippen LogP contribution in [-0.4, -0.2) is 48.6 Å². The number of aliphatic carboxylic acids is 1. The smallest absolute Gasteiger partial charge is 0.347 e. The summed E-state index contributed by atoms with van der Waals surface area (Å²) >= 11 is 7.39. The number of sulfonamides is 1. The Bertz CT molecular complexity index is 1370. The van der Waals surface area contributed by atoms with Gasteiger partial charge in [-0.25, -0.2) is 13.2 Å². The molecule has 1 atom stereocenters. The Morgan fingerprint density at radius 3 is 2.50 bits per heavy atom. The Morgan fingerprint density at radius 1 is 1.19 bits per heavy atom. The maximum absolute atomic E-state index is 13.7. The van der Waals surface area contributed by atoms with E-state index in [1.807, 2.05) is 26.8 Å². The van der Waals surface area contributed by atoms with Crippen molar-refractivity contribution >= 4 is 49.0 Å². The SMILES string of the molecule is CCCN(C(C)COc1ccc(OC(C)(C)C(=O)O)c(C)c1)S(=O)(=O)c1sc2ccc(Cl)cc2c1C. The van der Waals surface area contributed by atoms with Gasteiger partial charge >= 0.3 is 5.97 Å². The van der Waals surface area contributed by atoms with Gasteiger partial charge in [-0.2, -0.15) is 4.31 Å². The highest BCUT2D eigenvalue weighted by molar-refractivity contribution is 7.91. The van der Waals surface area contributed by atoms with Crippen LogP contribution in [0.1, 0.15) is 45.2 Å². The second kappa shape index (κ2) is 11.0. The molecule has 0 spiro atoms. The molecular formula is C26H32ClNO6S2. The molecule has 10 heteroatoms. The number of benzene rings is 2. The molecule has 1 unspecified atom stereocenters. The fourth-order valence-electron chi connectivity index (χ4n) is 3.77. The van der Waals surface area contributed by atoms with Crippen molar-refractivity contribution in [3.05, 3.63) is 52.5 Å². The van der Waals surface area contributed by atoms with Crippen LogP contribution in [-0.2, 0) is 14.8 Å². The standard InChI is InChI=1S/C26H32ClNO6S2/c1-7-12-28(36(31,32)24-18(4)21-14-19(27)8-11-23(21)35-24)17(3)15-33-20-9-10-22(16(2)13-20)34-26(5,6)25(29)30/h8-11,13-14,17H,7,12,15H2,1-6H3,(H,29,30). The summed E-state index contributed by atoms with van der Waals surface area (Å²) in [6.07, 6.45) is 0.657. The zero-order valence-corrected chi connectivity index (χ0v) is 23.7. The molecule has 0 fully saturated rings. The Kier molecular flexibility index (Phi) is 8.60. The van der Waals surface area contributed by atoms with Crippen LogP contribution in [0.4, 0.5) is 0 Å². The normalized spacial score (nSPS) is 13.2. The van der Waals surface area contributed by atoms with E-state index in [9.17, 15) is 18.3 Å². The fourth-order valence-corrected chi connectivity index (χ4v) is 7.50. The molecule has 0 radical (unpaired) electrons. The lowest BCUT2D eigenvalue weighted by Crippen LogP contribution is -2.42. The third-order valence-electron chi connectivity index (χ3n) is 5.85. The predicted molar refractivity (Wildman–Crippen MR) is 144 cm³/mol. The van der Waals surface area contributed by atoms with Gasteiger partial charge < -0.3 is 14.6 Å². The summed E-state index contributed by atoms with van der Waals surface area (Å²) in [5.41, 5.74) is 0.0431. The first-order valence-corrected chi connectivity index (χ1v) is 14.3. The summed E-state index contributed by atoms with van der Waals surface area (Å²) in [6.45, 7) is 10.8. The van der Waals surface area contributed by atoms with Gasteiger partial charge in [0.1, 0.15) is 22.3 Å². The molecule has 2 aromatic carbocycles. The maximum Gasteiger partial charge on any atom is 0.347 e. The zero-order valence-electron chi connectivity index (χ0n) is 21.3. The van der Waals surface area contributed by atoms with E-state index in [2.05, 4.69) is 0 Å². The van der Waals surface area contributed by atoms with Gasteiger partial charge in [-0.1, -0.05) is 18.5 Å². The second-order valence-corrected chi connectivity index (χ2v) is 12.9. The lowest BCUT2D eigenvalue weighted by atomic mass is 10.1. The van der Waals surface area contributed by atoms with E-state index in [4.69, 9.17) is 21.1 Å². The first-order chi connectivity index (χ1) is 16.8. The van der Waals surface area contributed by atoms with Crippen LogP contribution in [0.5, 0.6) is 11.5 Å². The van der Waals surface area contributed by atoms with Gasteiger partial charge in [0.2, 0.25) is 0 Å². The van der Waals surface area contributed by atoms with Crippen molar-refractivity contribution in [3.63, 3.8) is 0 Å². The van der Waals surface area contributed by atoms with Crippen molar-refractivity contribution in [3.8, 4) is 11.5 Å². The van der Waals surface area contributed by atoms with Crippen LogP contribution >= 0.6 is 22.9 Å². The van der Waals surface area contributed by atoms with Gasteiger partial charge in [-0.05, 0) is 94.0 Å². The molecule has 196 valence electrons. The number of carbonyl (C=O) groups is 1. The molecule has 0 bridgehead atoms. The number of ether oxygens (including phenoxy) is 2. The van der Waals surface area contributed by atoms with Crippen molar-refractivity contribution in [1.29, 1.82) is 0 Å². The topological polar surface area (TPSA) is 93.1 Å². The summed E-state index contributed by atoms with van der Waals surface area (Å²) in [6, 6.07) is 10.1. The average Bonchev–Trinajstić information content (AvgIpc) is 3.13. The highest BCUT2D eigenvalue weighted by Gasteiger charge is 2.33. The van der Waals surface area contributed by atoms with Gasteiger partial charge in [0, 0.05) is 16.3 Å². The fraction of sp³-hybridized carbons (Fsp3) is 0.423. The molecule has 0 saturated carbocycles. The van der Waals surface area contributed by atoms with Gasteiger partial charge in [0.05, 0.1) is 6.04 Å². The minimum atomic E-state index is -3.76. The lowest BCUT2D eigenvalue weighted by Gasteiger charge is -2.28. The van der Waals surface area contributed by atoms with Crippen LogP contribution in [0, 0.1) is 13.8 Å². The molecule has 1 aromatic heterocycles. The summed E-state index contributed by atoms with van der Waals surface area (Å²) in [5.74, 6) is -0.0788. The van der Waals surface area contributed by atoms with E-state index in [1.54, 1.807) is 37.3 Å². The molecule has 3 aromatic rings. The summed E-state index contributed by atoms with van der Waals surface area (Å²) < 4.78 is 41.7. The van der Waals surface area contributed by atoms with Crippen LogP contribution in [0.2, 0.25) is 5.02 Å². The highest BCUT2D eigenvalue weighted by Crippen LogP contribution is 2.37. The predicted octanol–water partition coefficient (Wildman–Crippen LogP) is 6.28. The monoisotopic (exact) mass is 553 g/mol. The van der Waals surface area contributed by atoms with Crippen molar-refractivity contribution in [2.24, 2.45) is 0 Å². The molecule has 0 saturated heterocycles. The van der Waals surface area contributed by atoms with Crippen LogP contribution in [0.25, 0.3) is 10.1 Å². The Morgan fingerprint density at radius 2 is 1.89 bits per heavy atom. The minimum Gasteiger partial charge on any atom is -0.492 e. The zero-order chi connectivity index (χ0) is 26.8. The number of thiophene rings is 1. The molecule has 36 heavy (non-hydrogen) atoms. The molecule has 0 aliphatic heterocycles. The number of aryl methyl sites for hydroxylation is 2. The van der Waals surface area contributed by atoms with E-state index in [0.717, 1.165) is 10.1 Å². The number of carboxylic acids is 1. The number of carboxylic acid groups (broad SMARTS) is 1. The number of hydrogen-bond acceptors (Lipinski definition) is 6. The van der Waals surface area contributed by atoms with E-state index >= 15 is 0 Å². The molecule has 1 heterocycles. The van der Waals surface area contributed by atoms with Gasteiger partial charge in [0.25, 0.3) is 10.0 Å². The number of halogens is 1. The van der Waals surface area contributed by atoms with Crippen molar-refractivity contribution in [2.45, 2.75) is 63.8 Å². The Hall–Kier alpha value is -2.33. The molecule has 0 aliphatic rings. The maximum atomic E-state index is 13.7. The molecular weight excluding hydrogens is 522 g/mol. The third-order valence-corrected chi connectivity index (χ3v) is 9.97. The average molecular weight is 554 g/mol. The first kappa shape index (κ1) is 28.2. The molecule has 1 N–H and O–H groups in total. The number of rotatable bonds is 11. The van der Waals surface area contributed by atoms with Gasteiger partial charge in [0.15, 0.2) is 5.60 Å². The first-order valence-electron chi connectivity index (χ1n) is 11.6. The van der Waals surface area contributed by atoms with Gasteiger partial charge in [-0.3, -0.25) is 0 Å². The van der Waals surface area contributed by atoms with E-state index in [0.29, 0.717) is 44.8 Å². The van der Waals surface area contributed by atoms with Crippen LogP contribution < -0.4 is 9.47 Å². The van der Waals surface area contributed by atoms with Crippen molar-refractivity contribution < 1.29 is 27.8 Å². The number of hydrogen-bond donors (Lipinski definition) is 1. The minimum absolute atomic E-state index is 0.148. The summed E-state index contributed by atoms with van der Waals surface area (Å²) in [5, 5.41) is 10.7. The third kappa shape index (κ3) is 5.96. The molecule has 7 nitrogen and oxygen atoms in total. The number of fused-ring (bicyclic) bond motifs is 1. The molecule has 0 amide bonds. The van der Waals surface area contributed by atoms with E-state index < -0.39 is 27.6 Å². The lowest BCUT2D eigenvalue weighted by molar-refractivity contribution is -0.152. The van der Waals surface area contributed by atoms with Gasteiger partial charge in [-0.15, -0.1) is 11.3 Å². The summed E-state index contributed by atoms with van der Waals surface area (Å²) in [4.78, 5) is 11.4. The van der Waals surface area contributed by atoms with Crippen molar-refractivity contribution in [1.82, 2.24) is 4.31 Å². The molecule has 3 rings (SSSR count). The largest absolute Gasteiger partial charge is 0.492 e. The van der Waals surface area contributed by atoms with E-state index in [-0.39, 0.29) is 6.61 Å². The highest BCUT2D eigenvalue weighted by atomic mass is 35.5. The molecule has 0 aliphatic carbocycles. The number of nitrogens with zero attached hydrogens (tertiary/aromatic N) is 1. The van der Waals surface area contributed by atoms with Crippen LogP contribution in [0.3, 0.4) is 0 Å². The Labute approximate surface area is 221 Å². The van der Waals surface area contributed by atoms with Crippen LogP contribution in [0.15, 0.2) is 40.6 Å². The Balaban J connectivity index is 1.79. The van der Waals surface area contributed by atoms with E-state index in [1.165, 1.54) is 29.5 Å². The second-order valence-electron chi connectivity index (χ2n) is 9.28. The van der Waals surface area contributed by atoms with Crippen molar-refractivity contribution in [2.75, 3.05) is 13.2 Å². The summed E-state index contributed by atoms with van der Waals surface area (Å²) in [7, 11) is -3.76. The quantitative estimate of drug-likeness (QED) is 0.300.